The van der Waals surface area contributed by atoms with Crippen LogP contribution in [0.25, 0.3) is 0 Å². The van der Waals surface area contributed by atoms with Crippen molar-refractivity contribution in [1.82, 2.24) is 9.80 Å². The normalized spacial score (nSPS) is 16.2. The Labute approximate surface area is 121 Å². The van der Waals surface area contributed by atoms with E-state index in [1.54, 1.807) is 0 Å². The lowest BCUT2D eigenvalue weighted by Gasteiger charge is -2.32. The zero-order valence-corrected chi connectivity index (χ0v) is 12.8. The highest BCUT2D eigenvalue weighted by Gasteiger charge is 2.18. The Morgan fingerprint density at radius 3 is 2.55 bits per heavy atom. The molecule has 1 aromatic rings. The lowest BCUT2D eigenvalue weighted by Crippen LogP contribution is -2.47. The van der Waals surface area contributed by atoms with Crippen molar-refractivity contribution < 1.29 is 4.79 Å². The molecule has 0 aromatic heterocycles. The summed E-state index contributed by atoms with van der Waals surface area (Å²) in [6.45, 7) is 8.57. The topological polar surface area (TPSA) is 35.6 Å². The van der Waals surface area contributed by atoms with E-state index in [-0.39, 0.29) is 5.91 Å². The van der Waals surface area contributed by atoms with Crippen molar-refractivity contribution in [3.63, 3.8) is 0 Å². The van der Waals surface area contributed by atoms with Crippen LogP contribution in [0.2, 0.25) is 0 Å². The molecular formula is C16H25N3O. The maximum absolute atomic E-state index is 12.1. The molecule has 1 heterocycles. The Hall–Kier alpha value is -1.55. The van der Waals surface area contributed by atoms with Crippen LogP contribution in [0, 0.1) is 13.8 Å². The monoisotopic (exact) mass is 275 g/mol. The van der Waals surface area contributed by atoms with Crippen LogP contribution >= 0.6 is 0 Å². The second kappa shape index (κ2) is 6.75. The highest BCUT2D eigenvalue weighted by atomic mass is 16.2. The van der Waals surface area contributed by atoms with Crippen molar-refractivity contribution in [3.05, 3.63) is 29.3 Å². The number of rotatable bonds is 4. The molecule has 4 heteroatoms. The number of likely N-dealkylation sites (N-methyl/N-ethyl adjacent to an activating group) is 1. The van der Waals surface area contributed by atoms with Gasteiger partial charge in [-0.1, -0.05) is 17.7 Å². The lowest BCUT2D eigenvalue weighted by atomic mass is 10.1. The number of carbonyl (C=O) groups excluding carboxylic acids is 1. The Kier molecular flexibility index (Phi) is 5.01. The minimum atomic E-state index is 0.260. The maximum Gasteiger partial charge on any atom is 0.224 e. The summed E-state index contributed by atoms with van der Waals surface area (Å²) in [7, 11) is 2.10. The van der Waals surface area contributed by atoms with E-state index in [0.29, 0.717) is 13.0 Å². The number of piperazine rings is 1. The first-order valence-electron chi connectivity index (χ1n) is 7.33. The number of nitrogens with one attached hydrogen (secondary N) is 1. The third kappa shape index (κ3) is 3.97. The average molecular weight is 275 g/mol. The van der Waals surface area contributed by atoms with Crippen molar-refractivity contribution in [2.45, 2.75) is 20.3 Å². The van der Waals surface area contributed by atoms with Crippen LogP contribution in [0.4, 0.5) is 5.69 Å². The van der Waals surface area contributed by atoms with Crippen LogP contribution in [-0.4, -0.2) is 55.5 Å². The zero-order valence-electron chi connectivity index (χ0n) is 12.8. The molecule has 1 aliphatic heterocycles. The highest BCUT2D eigenvalue weighted by Crippen LogP contribution is 2.15. The van der Waals surface area contributed by atoms with Gasteiger partial charge in [-0.25, -0.2) is 0 Å². The van der Waals surface area contributed by atoms with E-state index in [1.165, 1.54) is 11.1 Å². The molecule has 1 fully saturated rings. The molecule has 0 bridgehead atoms. The fraction of sp³-hybridized carbons (Fsp3) is 0.562. The van der Waals surface area contributed by atoms with Crippen molar-refractivity contribution in [2.24, 2.45) is 0 Å². The number of benzene rings is 1. The smallest absolute Gasteiger partial charge is 0.224 e. The summed E-state index contributed by atoms with van der Waals surface area (Å²) < 4.78 is 0. The van der Waals surface area contributed by atoms with Gasteiger partial charge in [0.1, 0.15) is 0 Å². The number of hydrogen-bond donors (Lipinski definition) is 1. The van der Waals surface area contributed by atoms with Crippen LogP contribution in [0.1, 0.15) is 17.5 Å². The molecule has 1 aliphatic rings. The summed E-state index contributed by atoms with van der Waals surface area (Å²) in [5.74, 6) is 0.260. The highest BCUT2D eigenvalue weighted by molar-refractivity contribution is 5.77. The van der Waals surface area contributed by atoms with Crippen molar-refractivity contribution in [1.29, 1.82) is 0 Å². The van der Waals surface area contributed by atoms with Gasteiger partial charge in [0.15, 0.2) is 0 Å². The van der Waals surface area contributed by atoms with Gasteiger partial charge in [0.2, 0.25) is 5.91 Å². The SMILES string of the molecule is Cc1ccc(NCCC(=O)N2CCN(C)CC2)c(C)c1. The van der Waals surface area contributed by atoms with Gasteiger partial charge in [-0.15, -0.1) is 0 Å². The average Bonchev–Trinajstić information content (AvgIpc) is 2.42. The predicted octanol–water partition coefficient (Wildman–Crippen LogP) is 1.88. The summed E-state index contributed by atoms with van der Waals surface area (Å²) in [4.78, 5) is 16.3. The molecule has 2 rings (SSSR count). The molecule has 0 saturated carbocycles. The predicted molar refractivity (Wildman–Crippen MR) is 83.1 cm³/mol. The lowest BCUT2D eigenvalue weighted by molar-refractivity contribution is -0.132. The molecule has 1 aromatic carbocycles. The van der Waals surface area contributed by atoms with Gasteiger partial charge >= 0.3 is 0 Å². The molecule has 4 nitrogen and oxygen atoms in total. The molecule has 20 heavy (non-hydrogen) atoms. The van der Waals surface area contributed by atoms with Crippen LogP contribution < -0.4 is 5.32 Å². The van der Waals surface area contributed by atoms with Gasteiger partial charge in [-0.3, -0.25) is 4.79 Å². The van der Waals surface area contributed by atoms with E-state index in [4.69, 9.17) is 0 Å². The van der Waals surface area contributed by atoms with Gasteiger partial charge in [-0.05, 0) is 32.5 Å². The molecular weight excluding hydrogens is 250 g/mol. The van der Waals surface area contributed by atoms with Crippen LogP contribution in [0.5, 0.6) is 0 Å². The Morgan fingerprint density at radius 2 is 1.90 bits per heavy atom. The van der Waals surface area contributed by atoms with Gasteiger partial charge in [0.25, 0.3) is 0 Å². The molecule has 0 spiro atoms. The van der Waals surface area contributed by atoms with Crippen molar-refractivity contribution >= 4 is 11.6 Å². The minimum absolute atomic E-state index is 0.260. The molecule has 0 atom stereocenters. The fourth-order valence-electron chi connectivity index (χ4n) is 2.53. The number of nitrogens with zero attached hydrogens (tertiary/aromatic N) is 2. The summed E-state index contributed by atoms with van der Waals surface area (Å²) >= 11 is 0. The summed E-state index contributed by atoms with van der Waals surface area (Å²) in [5.41, 5.74) is 3.63. The number of carbonyl (C=O) groups is 1. The molecule has 1 N–H and O–H groups in total. The van der Waals surface area contributed by atoms with E-state index < -0.39 is 0 Å². The van der Waals surface area contributed by atoms with E-state index in [9.17, 15) is 4.79 Å². The molecule has 0 unspecified atom stereocenters. The Bertz CT molecular complexity index is 465. The van der Waals surface area contributed by atoms with E-state index in [1.807, 2.05) is 4.90 Å². The van der Waals surface area contributed by atoms with Crippen molar-refractivity contribution in [3.8, 4) is 0 Å². The molecule has 1 saturated heterocycles. The first-order valence-corrected chi connectivity index (χ1v) is 7.33. The Balaban J connectivity index is 1.76. The molecule has 0 radical (unpaired) electrons. The largest absolute Gasteiger partial charge is 0.384 e. The van der Waals surface area contributed by atoms with Gasteiger partial charge in [-0.2, -0.15) is 0 Å². The number of aryl methyl sites for hydroxylation is 2. The van der Waals surface area contributed by atoms with Gasteiger partial charge in [0.05, 0.1) is 0 Å². The second-order valence-corrected chi connectivity index (χ2v) is 5.68. The molecule has 110 valence electrons. The number of amides is 1. The van der Waals surface area contributed by atoms with Crippen LogP contribution in [-0.2, 0) is 4.79 Å². The summed E-state index contributed by atoms with van der Waals surface area (Å²) in [5, 5.41) is 3.36. The van der Waals surface area contributed by atoms with Gasteiger partial charge in [0, 0.05) is 44.8 Å². The number of hydrogen-bond acceptors (Lipinski definition) is 3. The summed E-state index contributed by atoms with van der Waals surface area (Å²) in [6.07, 6.45) is 0.566. The molecule has 1 amide bonds. The minimum Gasteiger partial charge on any atom is -0.384 e. The van der Waals surface area contributed by atoms with Crippen molar-refractivity contribution in [2.75, 3.05) is 45.1 Å². The fourth-order valence-corrected chi connectivity index (χ4v) is 2.53. The molecule has 0 aliphatic carbocycles. The maximum atomic E-state index is 12.1. The zero-order chi connectivity index (χ0) is 14.5. The first-order chi connectivity index (χ1) is 9.56. The van der Waals surface area contributed by atoms with E-state index in [0.717, 1.165) is 31.9 Å². The van der Waals surface area contributed by atoms with E-state index >= 15 is 0 Å². The second-order valence-electron chi connectivity index (χ2n) is 5.68. The van der Waals surface area contributed by atoms with E-state index in [2.05, 4.69) is 49.3 Å². The third-order valence-electron chi connectivity index (χ3n) is 3.89. The standard InChI is InChI=1S/C16H25N3O/c1-13-4-5-15(14(2)12-13)17-7-6-16(20)19-10-8-18(3)9-11-19/h4-5,12,17H,6-11H2,1-3H3. The van der Waals surface area contributed by atoms with Gasteiger partial charge < -0.3 is 15.1 Å². The van der Waals surface area contributed by atoms with Crippen LogP contribution in [0.3, 0.4) is 0 Å². The Morgan fingerprint density at radius 1 is 1.20 bits per heavy atom. The number of anilines is 1. The first kappa shape index (κ1) is 14.9. The van der Waals surface area contributed by atoms with Crippen LogP contribution in [0.15, 0.2) is 18.2 Å². The third-order valence-corrected chi connectivity index (χ3v) is 3.89. The summed E-state index contributed by atoms with van der Waals surface area (Å²) in [6, 6.07) is 6.34. The quantitative estimate of drug-likeness (QED) is 0.911.